The molecule has 1 nitrogen and oxygen atoms in total. The molecule has 0 aromatic carbocycles. The summed E-state index contributed by atoms with van der Waals surface area (Å²) < 4.78 is 0. The Hall–Kier alpha value is 0.01000. The number of thioether (sulfide) groups is 1. The molecule has 1 rings (SSSR count). The first-order valence-electron chi connectivity index (χ1n) is 4.10. The van der Waals surface area contributed by atoms with Crippen LogP contribution in [0, 0.1) is 0 Å². The van der Waals surface area contributed by atoms with Gasteiger partial charge in [-0.3, -0.25) is 0 Å². The first-order valence-corrected chi connectivity index (χ1v) is 6.37. The third kappa shape index (κ3) is 3.17. The van der Waals surface area contributed by atoms with Crippen molar-refractivity contribution in [1.82, 2.24) is 5.32 Å². The average molecular weight is 201 g/mol. The molecule has 0 radical (unpaired) electrons. The van der Waals surface area contributed by atoms with Crippen LogP contribution in [0.5, 0.6) is 0 Å². The first-order chi connectivity index (χ1) is 5.84. The van der Waals surface area contributed by atoms with Gasteiger partial charge in [0, 0.05) is 23.2 Å². The SMILES string of the molecule is CSCCN[C@H](C)c1cccs1. The van der Waals surface area contributed by atoms with Crippen molar-refractivity contribution >= 4 is 23.1 Å². The predicted molar refractivity (Wildman–Crippen MR) is 59.1 cm³/mol. The van der Waals surface area contributed by atoms with Gasteiger partial charge in [-0.25, -0.2) is 0 Å². The van der Waals surface area contributed by atoms with E-state index in [1.165, 1.54) is 10.6 Å². The second kappa shape index (κ2) is 5.62. The maximum Gasteiger partial charge on any atom is 0.0386 e. The van der Waals surface area contributed by atoms with Crippen LogP contribution in [-0.2, 0) is 0 Å². The van der Waals surface area contributed by atoms with Crippen LogP contribution in [0.25, 0.3) is 0 Å². The Kier molecular flexibility index (Phi) is 4.73. The summed E-state index contributed by atoms with van der Waals surface area (Å²) in [6.07, 6.45) is 2.14. The van der Waals surface area contributed by atoms with E-state index in [-0.39, 0.29) is 0 Å². The molecule has 0 amide bonds. The molecule has 0 bridgehead atoms. The van der Waals surface area contributed by atoms with Gasteiger partial charge in [0.2, 0.25) is 0 Å². The molecule has 1 aromatic rings. The molecule has 12 heavy (non-hydrogen) atoms. The van der Waals surface area contributed by atoms with Gasteiger partial charge in [0.25, 0.3) is 0 Å². The molecule has 1 N–H and O–H groups in total. The van der Waals surface area contributed by atoms with Crippen LogP contribution in [0.15, 0.2) is 17.5 Å². The molecule has 0 saturated heterocycles. The summed E-state index contributed by atoms with van der Waals surface area (Å²) in [5.41, 5.74) is 0. The monoisotopic (exact) mass is 201 g/mol. The molecule has 68 valence electrons. The van der Waals surface area contributed by atoms with Gasteiger partial charge in [0.05, 0.1) is 0 Å². The zero-order valence-electron chi connectivity index (χ0n) is 7.54. The Morgan fingerprint density at radius 1 is 1.67 bits per heavy atom. The van der Waals surface area contributed by atoms with Crippen LogP contribution in [-0.4, -0.2) is 18.6 Å². The van der Waals surface area contributed by atoms with Gasteiger partial charge in [-0.2, -0.15) is 11.8 Å². The summed E-state index contributed by atoms with van der Waals surface area (Å²) in [5, 5.41) is 5.60. The quantitative estimate of drug-likeness (QED) is 0.735. The molecule has 0 aliphatic rings. The Morgan fingerprint density at radius 2 is 2.50 bits per heavy atom. The van der Waals surface area contributed by atoms with Crippen molar-refractivity contribution in [2.75, 3.05) is 18.6 Å². The van der Waals surface area contributed by atoms with E-state index >= 15 is 0 Å². The van der Waals surface area contributed by atoms with E-state index < -0.39 is 0 Å². The molecular weight excluding hydrogens is 186 g/mol. The third-order valence-corrected chi connectivity index (χ3v) is 3.39. The highest BCUT2D eigenvalue weighted by molar-refractivity contribution is 7.98. The van der Waals surface area contributed by atoms with Crippen molar-refractivity contribution < 1.29 is 0 Å². The summed E-state index contributed by atoms with van der Waals surface area (Å²) in [6, 6.07) is 4.80. The van der Waals surface area contributed by atoms with E-state index in [0.29, 0.717) is 6.04 Å². The zero-order chi connectivity index (χ0) is 8.81. The molecule has 0 unspecified atom stereocenters. The molecule has 0 aliphatic carbocycles. The molecule has 1 heterocycles. The fourth-order valence-corrected chi connectivity index (χ4v) is 2.10. The lowest BCUT2D eigenvalue weighted by Gasteiger charge is -2.10. The molecule has 1 aromatic heterocycles. The average Bonchev–Trinajstić information content (AvgIpc) is 2.56. The van der Waals surface area contributed by atoms with E-state index in [9.17, 15) is 0 Å². The smallest absolute Gasteiger partial charge is 0.0386 e. The van der Waals surface area contributed by atoms with Gasteiger partial charge in [-0.15, -0.1) is 11.3 Å². The van der Waals surface area contributed by atoms with Gasteiger partial charge >= 0.3 is 0 Å². The molecule has 1 atom stereocenters. The van der Waals surface area contributed by atoms with Crippen LogP contribution >= 0.6 is 23.1 Å². The lowest BCUT2D eigenvalue weighted by Crippen LogP contribution is -2.20. The molecule has 0 fully saturated rings. The minimum Gasteiger partial charge on any atom is -0.309 e. The van der Waals surface area contributed by atoms with E-state index in [4.69, 9.17) is 0 Å². The Morgan fingerprint density at radius 3 is 3.08 bits per heavy atom. The van der Waals surface area contributed by atoms with E-state index in [2.05, 4.69) is 36.0 Å². The number of thiophene rings is 1. The highest BCUT2D eigenvalue weighted by atomic mass is 32.2. The van der Waals surface area contributed by atoms with Gasteiger partial charge in [-0.1, -0.05) is 6.07 Å². The van der Waals surface area contributed by atoms with Crippen molar-refractivity contribution in [3.05, 3.63) is 22.4 Å². The van der Waals surface area contributed by atoms with Crippen LogP contribution in [0.4, 0.5) is 0 Å². The summed E-state index contributed by atoms with van der Waals surface area (Å²) in [4.78, 5) is 1.43. The van der Waals surface area contributed by atoms with E-state index in [1.807, 2.05) is 23.1 Å². The molecule has 3 heteroatoms. The first kappa shape index (κ1) is 10.1. The predicted octanol–water partition coefficient (Wildman–Crippen LogP) is 2.76. The molecule has 0 saturated carbocycles. The number of nitrogens with one attached hydrogen (secondary N) is 1. The van der Waals surface area contributed by atoms with Crippen molar-refractivity contribution in [2.45, 2.75) is 13.0 Å². The van der Waals surface area contributed by atoms with Crippen LogP contribution in [0.3, 0.4) is 0 Å². The van der Waals surface area contributed by atoms with E-state index in [0.717, 1.165) is 6.54 Å². The van der Waals surface area contributed by atoms with Crippen LogP contribution in [0.1, 0.15) is 17.8 Å². The maximum atomic E-state index is 3.48. The highest BCUT2D eigenvalue weighted by Gasteiger charge is 2.03. The van der Waals surface area contributed by atoms with Gasteiger partial charge in [0.1, 0.15) is 0 Å². The van der Waals surface area contributed by atoms with Crippen LogP contribution in [0.2, 0.25) is 0 Å². The zero-order valence-corrected chi connectivity index (χ0v) is 9.17. The van der Waals surface area contributed by atoms with Gasteiger partial charge in [-0.05, 0) is 24.6 Å². The molecule has 0 aliphatic heterocycles. The fourth-order valence-electron chi connectivity index (χ4n) is 1.02. The number of hydrogen-bond acceptors (Lipinski definition) is 3. The highest BCUT2D eigenvalue weighted by Crippen LogP contribution is 2.17. The van der Waals surface area contributed by atoms with Gasteiger partial charge in [0.15, 0.2) is 0 Å². The minimum absolute atomic E-state index is 0.511. The van der Waals surface area contributed by atoms with Crippen LogP contribution < -0.4 is 5.32 Å². The van der Waals surface area contributed by atoms with Crippen molar-refractivity contribution in [3.63, 3.8) is 0 Å². The maximum absolute atomic E-state index is 3.48. The number of hydrogen-bond donors (Lipinski definition) is 1. The summed E-state index contributed by atoms with van der Waals surface area (Å²) in [5.74, 6) is 1.19. The summed E-state index contributed by atoms with van der Waals surface area (Å²) in [6.45, 7) is 3.31. The lowest BCUT2D eigenvalue weighted by molar-refractivity contribution is 0.610. The van der Waals surface area contributed by atoms with Gasteiger partial charge < -0.3 is 5.32 Å². The summed E-state index contributed by atoms with van der Waals surface area (Å²) in [7, 11) is 0. The fraction of sp³-hybridized carbons (Fsp3) is 0.556. The summed E-state index contributed by atoms with van der Waals surface area (Å²) >= 11 is 3.70. The Bertz CT molecular complexity index is 196. The lowest BCUT2D eigenvalue weighted by atomic mass is 10.3. The second-order valence-corrected chi connectivity index (χ2v) is 4.65. The largest absolute Gasteiger partial charge is 0.309 e. The Labute approximate surface area is 82.6 Å². The van der Waals surface area contributed by atoms with Crippen molar-refractivity contribution in [1.29, 1.82) is 0 Å². The minimum atomic E-state index is 0.511. The van der Waals surface area contributed by atoms with E-state index in [1.54, 1.807) is 0 Å². The third-order valence-electron chi connectivity index (χ3n) is 1.73. The molecular formula is C9H15NS2. The Balaban J connectivity index is 2.25. The second-order valence-electron chi connectivity index (χ2n) is 2.68. The van der Waals surface area contributed by atoms with Crippen molar-refractivity contribution in [3.8, 4) is 0 Å². The standard InChI is InChI=1S/C9H15NS2/c1-8(10-5-7-11-2)9-4-3-6-12-9/h3-4,6,8,10H,5,7H2,1-2H3/t8-/m1/s1. The normalized spacial score (nSPS) is 13.2. The topological polar surface area (TPSA) is 12.0 Å². The molecule has 0 spiro atoms. The number of rotatable bonds is 5. The van der Waals surface area contributed by atoms with Crippen molar-refractivity contribution in [2.24, 2.45) is 0 Å².